The minimum absolute atomic E-state index is 0.243. The van der Waals surface area contributed by atoms with E-state index in [1.165, 1.54) is 12.4 Å². The molecule has 0 aliphatic heterocycles. The number of anilines is 2. The maximum absolute atomic E-state index is 12.4. The van der Waals surface area contributed by atoms with Crippen LogP contribution in [0.5, 0.6) is 11.5 Å². The molecule has 0 saturated heterocycles. The fourth-order valence-corrected chi connectivity index (χ4v) is 2.61. The Hall–Kier alpha value is -3.61. The molecule has 2 N–H and O–H groups in total. The van der Waals surface area contributed by atoms with E-state index in [1.807, 2.05) is 56.3 Å². The van der Waals surface area contributed by atoms with Crippen molar-refractivity contribution in [2.24, 2.45) is 0 Å². The molecule has 0 aliphatic carbocycles. The number of hydrogen-bond donors (Lipinski definition) is 2. The van der Waals surface area contributed by atoms with Gasteiger partial charge in [-0.25, -0.2) is 9.97 Å². The molecule has 29 heavy (non-hydrogen) atoms. The number of aryl methyl sites for hydroxylation is 2. The molecule has 1 heterocycles. The van der Waals surface area contributed by atoms with Gasteiger partial charge in [0.05, 0.1) is 19.2 Å². The van der Waals surface area contributed by atoms with Crippen molar-refractivity contribution in [2.45, 2.75) is 13.8 Å². The SMILES string of the molecule is COc1ccc(OCCNc2ncc(C(=O)Nc3cc(C)ccc3C)cn2)cc1. The van der Waals surface area contributed by atoms with Crippen LogP contribution in [0.4, 0.5) is 11.6 Å². The molecule has 1 aromatic heterocycles. The lowest BCUT2D eigenvalue weighted by Crippen LogP contribution is -2.16. The number of ether oxygens (including phenoxy) is 2. The minimum atomic E-state index is -0.243. The standard InChI is InChI=1S/C22H24N4O3/c1-15-4-5-16(2)20(12-15)26-21(27)17-13-24-22(25-14-17)23-10-11-29-19-8-6-18(28-3)7-9-19/h4-9,12-14H,10-11H2,1-3H3,(H,26,27)(H,23,24,25). The van der Waals surface area contributed by atoms with Crippen molar-refractivity contribution in [2.75, 3.05) is 30.9 Å². The van der Waals surface area contributed by atoms with E-state index in [0.29, 0.717) is 24.7 Å². The largest absolute Gasteiger partial charge is 0.497 e. The number of hydrogen-bond acceptors (Lipinski definition) is 6. The fraction of sp³-hybridized carbons (Fsp3) is 0.227. The third-order valence-corrected chi connectivity index (χ3v) is 4.27. The van der Waals surface area contributed by atoms with Crippen LogP contribution in [0.15, 0.2) is 54.9 Å². The molecule has 1 amide bonds. The van der Waals surface area contributed by atoms with Gasteiger partial charge in [-0.05, 0) is 55.3 Å². The number of methoxy groups -OCH3 is 1. The Morgan fingerprint density at radius 2 is 1.69 bits per heavy atom. The maximum atomic E-state index is 12.4. The number of amides is 1. The van der Waals surface area contributed by atoms with Crippen LogP contribution in [-0.2, 0) is 0 Å². The van der Waals surface area contributed by atoms with Gasteiger partial charge in [0.2, 0.25) is 5.95 Å². The second kappa shape index (κ2) is 9.54. The van der Waals surface area contributed by atoms with Gasteiger partial charge in [0.25, 0.3) is 5.91 Å². The van der Waals surface area contributed by atoms with E-state index < -0.39 is 0 Å². The molecule has 3 rings (SSSR count). The molecule has 7 nitrogen and oxygen atoms in total. The Kier molecular flexibility index (Phi) is 6.63. The van der Waals surface area contributed by atoms with Crippen LogP contribution in [-0.4, -0.2) is 36.1 Å². The Morgan fingerprint density at radius 3 is 2.38 bits per heavy atom. The normalized spacial score (nSPS) is 10.3. The average Bonchev–Trinajstić information content (AvgIpc) is 2.74. The number of benzene rings is 2. The molecule has 0 bridgehead atoms. The molecule has 2 aromatic carbocycles. The highest BCUT2D eigenvalue weighted by Gasteiger charge is 2.09. The van der Waals surface area contributed by atoms with Crippen LogP contribution in [0.2, 0.25) is 0 Å². The first kappa shape index (κ1) is 20.1. The van der Waals surface area contributed by atoms with E-state index >= 15 is 0 Å². The summed E-state index contributed by atoms with van der Waals surface area (Å²) in [5.74, 6) is 1.73. The molecular weight excluding hydrogens is 368 g/mol. The van der Waals surface area contributed by atoms with Gasteiger partial charge in [0.1, 0.15) is 18.1 Å². The molecule has 150 valence electrons. The second-order valence-corrected chi connectivity index (χ2v) is 6.52. The predicted octanol–water partition coefficient (Wildman–Crippen LogP) is 3.85. The smallest absolute Gasteiger partial charge is 0.258 e. The van der Waals surface area contributed by atoms with E-state index in [0.717, 1.165) is 28.3 Å². The van der Waals surface area contributed by atoms with Gasteiger partial charge in [-0.15, -0.1) is 0 Å². The molecule has 7 heteroatoms. The van der Waals surface area contributed by atoms with E-state index in [2.05, 4.69) is 20.6 Å². The summed E-state index contributed by atoms with van der Waals surface area (Å²) in [5, 5.41) is 5.96. The van der Waals surface area contributed by atoms with Crippen LogP contribution in [0.1, 0.15) is 21.5 Å². The van der Waals surface area contributed by atoms with Crippen molar-refractivity contribution in [1.29, 1.82) is 0 Å². The van der Waals surface area contributed by atoms with Crippen molar-refractivity contribution < 1.29 is 14.3 Å². The monoisotopic (exact) mass is 392 g/mol. The Labute approximate surface area is 170 Å². The van der Waals surface area contributed by atoms with Crippen molar-refractivity contribution in [3.8, 4) is 11.5 Å². The number of carbonyl (C=O) groups excluding carboxylic acids is 1. The zero-order chi connectivity index (χ0) is 20.6. The predicted molar refractivity (Wildman–Crippen MR) is 113 cm³/mol. The fourth-order valence-electron chi connectivity index (χ4n) is 2.61. The minimum Gasteiger partial charge on any atom is -0.497 e. The zero-order valence-corrected chi connectivity index (χ0v) is 16.7. The van der Waals surface area contributed by atoms with Crippen molar-refractivity contribution >= 4 is 17.5 Å². The topological polar surface area (TPSA) is 85.4 Å². The van der Waals surface area contributed by atoms with Gasteiger partial charge in [0.15, 0.2) is 0 Å². The first-order valence-electron chi connectivity index (χ1n) is 9.26. The Balaban J connectivity index is 1.47. The summed E-state index contributed by atoms with van der Waals surface area (Å²) >= 11 is 0. The molecule has 0 saturated carbocycles. The van der Waals surface area contributed by atoms with E-state index in [4.69, 9.17) is 9.47 Å². The third kappa shape index (κ3) is 5.68. The Morgan fingerprint density at radius 1 is 1.00 bits per heavy atom. The summed E-state index contributed by atoms with van der Waals surface area (Å²) in [5.41, 5.74) is 3.26. The molecule has 0 atom stereocenters. The molecule has 0 unspecified atom stereocenters. The van der Waals surface area contributed by atoms with Crippen molar-refractivity contribution in [3.05, 3.63) is 71.5 Å². The number of nitrogens with zero attached hydrogens (tertiary/aromatic N) is 2. The summed E-state index contributed by atoms with van der Waals surface area (Å²) in [6.45, 7) is 4.91. The highest BCUT2D eigenvalue weighted by Crippen LogP contribution is 2.18. The highest BCUT2D eigenvalue weighted by atomic mass is 16.5. The summed E-state index contributed by atoms with van der Waals surface area (Å²) in [6.07, 6.45) is 3.00. The number of nitrogens with one attached hydrogen (secondary N) is 2. The number of aromatic nitrogens is 2. The maximum Gasteiger partial charge on any atom is 0.258 e. The molecule has 0 spiro atoms. The van der Waals surface area contributed by atoms with Crippen molar-refractivity contribution in [1.82, 2.24) is 9.97 Å². The van der Waals surface area contributed by atoms with Gasteiger partial charge in [0, 0.05) is 18.1 Å². The summed E-state index contributed by atoms with van der Waals surface area (Å²) in [4.78, 5) is 20.8. The summed E-state index contributed by atoms with van der Waals surface area (Å²) in [6, 6.07) is 13.3. The highest BCUT2D eigenvalue weighted by molar-refractivity contribution is 6.04. The lowest BCUT2D eigenvalue weighted by molar-refractivity contribution is 0.102. The molecular formula is C22H24N4O3. The van der Waals surface area contributed by atoms with Gasteiger partial charge in [-0.1, -0.05) is 12.1 Å². The zero-order valence-electron chi connectivity index (χ0n) is 16.7. The first-order chi connectivity index (χ1) is 14.0. The van der Waals surface area contributed by atoms with Gasteiger partial charge >= 0.3 is 0 Å². The third-order valence-electron chi connectivity index (χ3n) is 4.27. The van der Waals surface area contributed by atoms with Crippen LogP contribution in [0, 0.1) is 13.8 Å². The second-order valence-electron chi connectivity index (χ2n) is 6.52. The summed E-state index contributed by atoms with van der Waals surface area (Å²) < 4.78 is 10.7. The van der Waals surface area contributed by atoms with E-state index in [-0.39, 0.29) is 5.91 Å². The first-order valence-corrected chi connectivity index (χ1v) is 9.26. The lowest BCUT2D eigenvalue weighted by Gasteiger charge is -2.10. The van der Waals surface area contributed by atoms with Crippen LogP contribution in [0.25, 0.3) is 0 Å². The molecule has 3 aromatic rings. The van der Waals surface area contributed by atoms with Crippen molar-refractivity contribution in [3.63, 3.8) is 0 Å². The van der Waals surface area contributed by atoms with Crippen LogP contribution < -0.4 is 20.1 Å². The van der Waals surface area contributed by atoms with E-state index in [9.17, 15) is 4.79 Å². The van der Waals surface area contributed by atoms with Gasteiger partial charge in [-0.3, -0.25) is 4.79 Å². The van der Waals surface area contributed by atoms with E-state index in [1.54, 1.807) is 7.11 Å². The molecule has 0 fully saturated rings. The average molecular weight is 392 g/mol. The quantitative estimate of drug-likeness (QED) is 0.567. The number of rotatable bonds is 8. The van der Waals surface area contributed by atoms with Crippen LogP contribution in [0.3, 0.4) is 0 Å². The molecule has 0 aliphatic rings. The molecule has 0 radical (unpaired) electrons. The Bertz CT molecular complexity index is 957. The van der Waals surface area contributed by atoms with Gasteiger partial charge < -0.3 is 20.1 Å². The summed E-state index contributed by atoms with van der Waals surface area (Å²) in [7, 11) is 1.62. The van der Waals surface area contributed by atoms with Crippen LogP contribution >= 0.6 is 0 Å². The number of carbonyl (C=O) groups is 1. The van der Waals surface area contributed by atoms with Gasteiger partial charge in [-0.2, -0.15) is 0 Å². The lowest BCUT2D eigenvalue weighted by atomic mass is 10.1.